The van der Waals surface area contributed by atoms with E-state index in [2.05, 4.69) is 117 Å². The summed E-state index contributed by atoms with van der Waals surface area (Å²) in [4.78, 5) is 24.1. The Labute approximate surface area is 229 Å². The van der Waals surface area contributed by atoms with E-state index in [9.17, 15) is 0 Å². The van der Waals surface area contributed by atoms with Crippen LogP contribution in [0.5, 0.6) is 0 Å². The largest absolute Gasteiger partial charge is 0.355 e. The van der Waals surface area contributed by atoms with Crippen LogP contribution in [-0.4, -0.2) is 74.1 Å². The minimum absolute atomic E-state index is 0.637. The molecule has 2 aliphatic heterocycles. The van der Waals surface area contributed by atoms with Crippen LogP contribution in [0, 0.1) is 0 Å². The maximum absolute atomic E-state index is 4.37. The first-order chi connectivity index (χ1) is 15.8. The standard InChI is InChI=1S/C11H17BrN4.C9H12BrN3.C3H7I/c1-9(2)15-3-5-16(6-4-15)11-8-13-10(12)7-14-11;10-8-6-12-9(7-11-8)13-4-2-1-3-5-13;1-3(2)4/h7-9H,3-6H2,1-2H3;6-7H,1-5H2;3H,1-2H3. The van der Waals surface area contributed by atoms with Gasteiger partial charge in [-0.3, -0.25) is 4.90 Å². The number of halogens is 3. The third-order valence-corrected chi connectivity index (χ3v) is 6.08. The van der Waals surface area contributed by atoms with Crippen molar-refractivity contribution in [1.82, 2.24) is 24.8 Å². The monoisotopic (exact) mass is 695 g/mol. The lowest BCUT2D eigenvalue weighted by Gasteiger charge is -2.37. The Hall–Kier alpha value is -0.590. The molecule has 0 radical (unpaired) electrons. The van der Waals surface area contributed by atoms with Crippen molar-refractivity contribution in [2.75, 3.05) is 49.1 Å². The molecule has 0 bridgehead atoms. The summed E-state index contributed by atoms with van der Waals surface area (Å²) < 4.78 is 2.39. The SMILES string of the molecule is Brc1cnc(N2CCCCC2)cn1.CC(C)I.CC(C)N1CCN(c2cnc(Br)cn2)CC1. The quantitative estimate of drug-likeness (QED) is 0.296. The molecule has 2 saturated heterocycles. The lowest BCUT2D eigenvalue weighted by molar-refractivity contribution is 0.209. The summed E-state index contributed by atoms with van der Waals surface area (Å²) in [6, 6.07) is 0.637. The first-order valence-electron chi connectivity index (χ1n) is 11.6. The fourth-order valence-electron chi connectivity index (χ4n) is 3.53. The minimum atomic E-state index is 0.637. The number of nitrogens with zero attached hydrogens (tertiary/aromatic N) is 7. The zero-order valence-electron chi connectivity index (χ0n) is 20.1. The second-order valence-corrected chi connectivity index (χ2v) is 12.7. The van der Waals surface area contributed by atoms with E-state index in [1.807, 2.05) is 12.4 Å². The van der Waals surface area contributed by atoms with Crippen LogP contribution in [-0.2, 0) is 0 Å². The Balaban J connectivity index is 0.000000204. The summed E-state index contributed by atoms with van der Waals surface area (Å²) in [5, 5.41) is 0. The van der Waals surface area contributed by atoms with Gasteiger partial charge in [-0.15, -0.1) is 0 Å². The summed E-state index contributed by atoms with van der Waals surface area (Å²) in [6.45, 7) is 15.3. The second-order valence-electron chi connectivity index (χ2n) is 8.57. The van der Waals surface area contributed by atoms with Gasteiger partial charge in [-0.05, 0) is 65.0 Å². The highest BCUT2D eigenvalue weighted by Crippen LogP contribution is 2.17. The summed E-state index contributed by atoms with van der Waals surface area (Å²) in [7, 11) is 0. The zero-order valence-corrected chi connectivity index (χ0v) is 25.4. The zero-order chi connectivity index (χ0) is 24.2. The molecule has 2 aromatic heterocycles. The van der Waals surface area contributed by atoms with Gasteiger partial charge in [0.15, 0.2) is 0 Å². The molecule has 0 aliphatic carbocycles. The number of hydrogen-bond acceptors (Lipinski definition) is 7. The maximum Gasteiger partial charge on any atom is 0.147 e. The molecule has 0 spiro atoms. The van der Waals surface area contributed by atoms with Gasteiger partial charge in [0.25, 0.3) is 0 Å². The third kappa shape index (κ3) is 11.1. The van der Waals surface area contributed by atoms with E-state index in [1.54, 1.807) is 12.4 Å². The fourth-order valence-corrected chi connectivity index (χ4v) is 3.94. The Bertz CT molecular complexity index is 774. The maximum atomic E-state index is 4.37. The molecule has 0 amide bonds. The van der Waals surface area contributed by atoms with Gasteiger partial charge in [0.2, 0.25) is 0 Å². The van der Waals surface area contributed by atoms with Gasteiger partial charge in [-0.1, -0.05) is 36.4 Å². The molecule has 33 heavy (non-hydrogen) atoms. The average molecular weight is 697 g/mol. The van der Waals surface area contributed by atoms with E-state index >= 15 is 0 Å². The normalized spacial score (nSPS) is 16.8. The molecule has 7 nitrogen and oxygen atoms in total. The predicted octanol–water partition coefficient (Wildman–Crippen LogP) is 5.83. The Kier molecular flexibility index (Phi) is 13.4. The number of hydrogen-bond donors (Lipinski definition) is 0. The van der Waals surface area contributed by atoms with E-state index < -0.39 is 0 Å². The first kappa shape index (κ1) is 28.6. The summed E-state index contributed by atoms with van der Waals surface area (Å²) >= 11 is 8.92. The van der Waals surface area contributed by atoms with Crippen LogP contribution in [0.15, 0.2) is 34.0 Å². The molecule has 2 fully saturated rings. The van der Waals surface area contributed by atoms with Gasteiger partial charge in [0.05, 0.1) is 24.8 Å². The van der Waals surface area contributed by atoms with Crippen LogP contribution in [0.4, 0.5) is 11.6 Å². The van der Waals surface area contributed by atoms with Crippen LogP contribution in [0.1, 0.15) is 47.0 Å². The van der Waals surface area contributed by atoms with Gasteiger partial charge >= 0.3 is 0 Å². The van der Waals surface area contributed by atoms with E-state index in [-0.39, 0.29) is 0 Å². The fraction of sp³-hybridized carbons (Fsp3) is 0.652. The molecule has 10 heteroatoms. The second kappa shape index (κ2) is 15.4. The smallest absolute Gasteiger partial charge is 0.147 e. The summed E-state index contributed by atoms with van der Waals surface area (Å²) in [6.07, 6.45) is 11.1. The molecule has 2 aliphatic rings. The van der Waals surface area contributed by atoms with Crippen molar-refractivity contribution >= 4 is 66.1 Å². The van der Waals surface area contributed by atoms with Gasteiger partial charge in [0.1, 0.15) is 20.8 Å². The molecule has 0 atom stereocenters. The lowest BCUT2D eigenvalue weighted by Crippen LogP contribution is -2.49. The van der Waals surface area contributed by atoms with Gasteiger partial charge < -0.3 is 9.80 Å². The van der Waals surface area contributed by atoms with Crippen molar-refractivity contribution in [3.63, 3.8) is 0 Å². The number of aromatic nitrogens is 4. The van der Waals surface area contributed by atoms with Gasteiger partial charge in [0, 0.05) is 49.2 Å². The van der Waals surface area contributed by atoms with Crippen molar-refractivity contribution in [3.8, 4) is 0 Å². The molecule has 4 heterocycles. The molecular formula is C23H36Br2IN7. The van der Waals surface area contributed by atoms with E-state index in [1.165, 1.54) is 19.3 Å². The highest BCUT2D eigenvalue weighted by atomic mass is 127. The van der Waals surface area contributed by atoms with Crippen LogP contribution in [0.25, 0.3) is 0 Å². The average Bonchev–Trinajstić information content (AvgIpc) is 2.81. The number of rotatable bonds is 3. The Morgan fingerprint density at radius 1 is 0.667 bits per heavy atom. The van der Waals surface area contributed by atoms with Crippen molar-refractivity contribution in [2.45, 2.75) is 56.9 Å². The van der Waals surface area contributed by atoms with Crippen molar-refractivity contribution in [3.05, 3.63) is 34.0 Å². The number of piperazine rings is 1. The number of piperidine rings is 1. The predicted molar refractivity (Wildman–Crippen MR) is 154 cm³/mol. The van der Waals surface area contributed by atoms with Crippen molar-refractivity contribution < 1.29 is 0 Å². The highest BCUT2D eigenvalue weighted by Gasteiger charge is 2.19. The molecule has 184 valence electrons. The van der Waals surface area contributed by atoms with Crippen LogP contribution >= 0.6 is 54.5 Å². The Morgan fingerprint density at radius 3 is 1.45 bits per heavy atom. The summed E-state index contributed by atoms with van der Waals surface area (Å²) in [5.41, 5.74) is 0. The van der Waals surface area contributed by atoms with Crippen LogP contribution in [0.2, 0.25) is 0 Å². The van der Waals surface area contributed by atoms with Crippen LogP contribution < -0.4 is 9.80 Å². The van der Waals surface area contributed by atoms with Gasteiger partial charge in [-0.2, -0.15) is 0 Å². The molecule has 2 aromatic rings. The third-order valence-electron chi connectivity index (χ3n) is 5.26. The Morgan fingerprint density at radius 2 is 1.09 bits per heavy atom. The molecular weight excluding hydrogens is 661 g/mol. The number of anilines is 2. The lowest BCUT2D eigenvalue weighted by atomic mass is 10.1. The summed E-state index contributed by atoms with van der Waals surface area (Å²) in [5.74, 6) is 1.98. The van der Waals surface area contributed by atoms with Crippen LogP contribution in [0.3, 0.4) is 0 Å². The van der Waals surface area contributed by atoms with E-state index in [0.29, 0.717) is 6.04 Å². The number of alkyl halides is 1. The molecule has 4 rings (SSSR count). The van der Waals surface area contributed by atoms with E-state index in [0.717, 1.165) is 64.0 Å². The molecule has 0 aromatic carbocycles. The molecule has 0 unspecified atom stereocenters. The topological polar surface area (TPSA) is 61.3 Å². The van der Waals surface area contributed by atoms with E-state index in [4.69, 9.17) is 0 Å². The minimum Gasteiger partial charge on any atom is -0.355 e. The highest BCUT2D eigenvalue weighted by molar-refractivity contribution is 14.1. The van der Waals surface area contributed by atoms with Gasteiger partial charge in [-0.25, -0.2) is 19.9 Å². The molecule has 0 saturated carbocycles. The van der Waals surface area contributed by atoms with Crippen molar-refractivity contribution in [1.29, 1.82) is 0 Å². The van der Waals surface area contributed by atoms with Crippen molar-refractivity contribution in [2.24, 2.45) is 0 Å². The first-order valence-corrected chi connectivity index (χ1v) is 14.4. The molecule has 0 N–H and O–H groups in total.